The number of nitrogens with zero attached hydrogens (tertiary/aromatic N) is 2. The quantitative estimate of drug-likeness (QED) is 0.840. The van der Waals surface area contributed by atoms with Gasteiger partial charge < -0.3 is 15.0 Å². The Labute approximate surface area is 166 Å². The van der Waals surface area contributed by atoms with Crippen LogP contribution in [0.1, 0.15) is 47.3 Å². The van der Waals surface area contributed by atoms with Gasteiger partial charge in [-0.15, -0.1) is 0 Å². The molecule has 3 fully saturated rings. The van der Waals surface area contributed by atoms with Gasteiger partial charge in [0.05, 0.1) is 6.61 Å². The summed E-state index contributed by atoms with van der Waals surface area (Å²) in [5, 5.41) is 11.2. The highest BCUT2D eigenvalue weighted by molar-refractivity contribution is 5.99. The van der Waals surface area contributed by atoms with Crippen molar-refractivity contribution in [1.82, 2.24) is 14.8 Å². The molecule has 0 radical (unpaired) electrons. The molecule has 1 amide bonds. The maximum Gasteiger partial charge on any atom is 0.253 e. The number of aliphatic hydroxyl groups is 1. The summed E-state index contributed by atoms with van der Waals surface area (Å²) in [5.74, 6) is 1.09. The van der Waals surface area contributed by atoms with Crippen LogP contribution < -0.4 is 0 Å². The number of H-pyrrole nitrogens is 1. The summed E-state index contributed by atoms with van der Waals surface area (Å²) in [7, 11) is 0. The van der Waals surface area contributed by atoms with E-state index in [9.17, 15) is 9.90 Å². The van der Waals surface area contributed by atoms with Gasteiger partial charge in [-0.2, -0.15) is 0 Å². The van der Waals surface area contributed by atoms with Crippen molar-refractivity contribution in [2.24, 2.45) is 11.8 Å². The molecule has 4 atom stereocenters. The third kappa shape index (κ3) is 2.79. The molecule has 0 spiro atoms. The predicted octanol–water partition coefficient (Wildman–Crippen LogP) is 3.09. The Bertz CT molecular complexity index is 891. The van der Waals surface area contributed by atoms with Crippen LogP contribution in [0.5, 0.6) is 0 Å². The lowest BCUT2D eigenvalue weighted by atomic mass is 9.72. The molecular formula is C23H31N3O2. The van der Waals surface area contributed by atoms with E-state index in [-0.39, 0.29) is 18.6 Å². The average molecular weight is 382 g/mol. The van der Waals surface area contributed by atoms with Crippen molar-refractivity contribution >= 4 is 16.8 Å². The molecule has 3 saturated heterocycles. The van der Waals surface area contributed by atoms with Crippen molar-refractivity contribution < 1.29 is 9.90 Å². The van der Waals surface area contributed by atoms with E-state index in [1.54, 1.807) is 0 Å². The fraction of sp³-hybridized carbons (Fsp3) is 0.609. The number of aromatic amines is 1. The molecule has 1 aromatic carbocycles. The van der Waals surface area contributed by atoms with Crippen molar-refractivity contribution in [3.8, 4) is 0 Å². The summed E-state index contributed by atoms with van der Waals surface area (Å²) >= 11 is 0. The van der Waals surface area contributed by atoms with Crippen LogP contribution in [0.4, 0.5) is 0 Å². The number of aromatic nitrogens is 1. The summed E-state index contributed by atoms with van der Waals surface area (Å²) in [6, 6.07) is 6.80. The second kappa shape index (κ2) is 6.89. The molecule has 3 aliphatic heterocycles. The van der Waals surface area contributed by atoms with E-state index in [0.29, 0.717) is 17.9 Å². The standard InChI is InChI=1S/C23H31N3O2/c1-14-15(2)24-20-7-6-16(10-19(14)20)23(28)25-11-17-9-18(12-25)22(13-27)26-8-4-3-5-21(17)26/h6-7,10,17-18,21-22,24,27H,3-5,8-9,11-13H2,1-2H3/t17-,18+,21+,22+/m1/s1. The maximum absolute atomic E-state index is 13.4. The zero-order chi connectivity index (χ0) is 19.4. The number of amides is 1. The van der Waals surface area contributed by atoms with Crippen molar-refractivity contribution in [1.29, 1.82) is 0 Å². The minimum Gasteiger partial charge on any atom is -0.395 e. The third-order valence-corrected chi connectivity index (χ3v) is 7.65. The number of rotatable bonds is 2. The van der Waals surface area contributed by atoms with Crippen LogP contribution in [0.3, 0.4) is 0 Å². The van der Waals surface area contributed by atoms with Crippen LogP contribution in [0, 0.1) is 25.7 Å². The molecule has 4 heterocycles. The topological polar surface area (TPSA) is 59.6 Å². The first-order chi connectivity index (χ1) is 13.6. The Balaban J connectivity index is 1.42. The lowest BCUT2D eigenvalue weighted by molar-refractivity contribution is -0.0795. The summed E-state index contributed by atoms with van der Waals surface area (Å²) in [6.45, 7) is 7.14. The Morgan fingerprint density at radius 3 is 2.86 bits per heavy atom. The number of fused-ring (bicyclic) bond motifs is 5. The van der Waals surface area contributed by atoms with Gasteiger partial charge in [-0.1, -0.05) is 6.42 Å². The number of piperidine rings is 3. The molecule has 0 saturated carbocycles. The van der Waals surface area contributed by atoms with Crippen LogP contribution in [0.15, 0.2) is 18.2 Å². The number of aryl methyl sites for hydroxylation is 2. The van der Waals surface area contributed by atoms with Crippen molar-refractivity contribution in [2.75, 3.05) is 26.2 Å². The van der Waals surface area contributed by atoms with Crippen LogP contribution >= 0.6 is 0 Å². The van der Waals surface area contributed by atoms with E-state index in [2.05, 4.69) is 34.7 Å². The molecule has 28 heavy (non-hydrogen) atoms. The number of likely N-dealkylation sites (tertiary alicyclic amines) is 1. The molecule has 2 aromatic rings. The number of hydrogen-bond acceptors (Lipinski definition) is 3. The first-order valence-corrected chi connectivity index (χ1v) is 10.8. The number of hydrogen-bond donors (Lipinski definition) is 2. The van der Waals surface area contributed by atoms with Gasteiger partial charge in [0.15, 0.2) is 0 Å². The van der Waals surface area contributed by atoms with Crippen LogP contribution in [0.2, 0.25) is 0 Å². The van der Waals surface area contributed by atoms with Gasteiger partial charge in [0.2, 0.25) is 0 Å². The molecule has 0 aliphatic carbocycles. The Morgan fingerprint density at radius 2 is 2.04 bits per heavy atom. The van der Waals surface area contributed by atoms with E-state index in [1.807, 2.05) is 12.1 Å². The van der Waals surface area contributed by atoms with Crippen LogP contribution in [-0.2, 0) is 0 Å². The van der Waals surface area contributed by atoms with E-state index in [4.69, 9.17) is 0 Å². The second-order valence-corrected chi connectivity index (χ2v) is 9.15. The van der Waals surface area contributed by atoms with Gasteiger partial charge in [-0.05, 0) is 75.3 Å². The zero-order valence-electron chi connectivity index (χ0n) is 16.9. The lowest BCUT2D eigenvalue weighted by Crippen LogP contribution is -2.65. The summed E-state index contributed by atoms with van der Waals surface area (Å²) < 4.78 is 0. The molecule has 2 N–H and O–H groups in total. The fourth-order valence-electron chi connectivity index (χ4n) is 6.10. The minimum absolute atomic E-state index is 0.149. The predicted molar refractivity (Wildman–Crippen MR) is 110 cm³/mol. The molecule has 5 rings (SSSR count). The zero-order valence-corrected chi connectivity index (χ0v) is 16.9. The van der Waals surface area contributed by atoms with Gasteiger partial charge in [-0.3, -0.25) is 9.69 Å². The monoisotopic (exact) mass is 381 g/mol. The van der Waals surface area contributed by atoms with Crippen molar-refractivity contribution in [2.45, 2.75) is 51.6 Å². The van der Waals surface area contributed by atoms with E-state index < -0.39 is 0 Å². The molecule has 2 bridgehead atoms. The molecule has 3 aliphatic rings. The summed E-state index contributed by atoms with van der Waals surface area (Å²) in [6.07, 6.45) is 4.89. The Hall–Kier alpha value is -1.85. The first-order valence-electron chi connectivity index (χ1n) is 10.8. The van der Waals surface area contributed by atoms with Crippen LogP contribution in [-0.4, -0.2) is 64.1 Å². The maximum atomic E-state index is 13.4. The highest BCUT2D eigenvalue weighted by Crippen LogP contribution is 2.41. The van der Waals surface area contributed by atoms with E-state index >= 15 is 0 Å². The number of aliphatic hydroxyl groups excluding tert-OH is 1. The van der Waals surface area contributed by atoms with E-state index in [1.165, 1.54) is 24.8 Å². The van der Waals surface area contributed by atoms with Crippen molar-refractivity contribution in [3.05, 3.63) is 35.0 Å². The van der Waals surface area contributed by atoms with Gasteiger partial charge in [-0.25, -0.2) is 0 Å². The SMILES string of the molecule is Cc1[nH]c2ccc(C(=O)N3C[C@H]4C[C@@H](C3)[C@H](CO)N3CCCC[C@@H]43)cc2c1C. The fourth-order valence-corrected chi connectivity index (χ4v) is 6.10. The highest BCUT2D eigenvalue weighted by Gasteiger charge is 2.47. The van der Waals surface area contributed by atoms with Crippen LogP contribution in [0.25, 0.3) is 10.9 Å². The summed E-state index contributed by atoms with van der Waals surface area (Å²) in [4.78, 5) is 21.4. The molecular weight excluding hydrogens is 350 g/mol. The van der Waals surface area contributed by atoms with Gasteiger partial charge in [0.1, 0.15) is 0 Å². The molecule has 1 aromatic heterocycles. The molecule has 150 valence electrons. The largest absolute Gasteiger partial charge is 0.395 e. The van der Waals surface area contributed by atoms with Gasteiger partial charge in [0, 0.05) is 47.3 Å². The van der Waals surface area contributed by atoms with Gasteiger partial charge >= 0.3 is 0 Å². The average Bonchev–Trinajstić information content (AvgIpc) is 3.01. The van der Waals surface area contributed by atoms with Crippen molar-refractivity contribution in [3.63, 3.8) is 0 Å². The number of carbonyl (C=O) groups excluding carboxylic acids is 1. The Kier molecular flexibility index (Phi) is 4.48. The molecule has 5 heteroatoms. The third-order valence-electron chi connectivity index (χ3n) is 7.65. The smallest absolute Gasteiger partial charge is 0.253 e. The number of nitrogens with one attached hydrogen (secondary N) is 1. The van der Waals surface area contributed by atoms with Gasteiger partial charge in [0.25, 0.3) is 5.91 Å². The second-order valence-electron chi connectivity index (χ2n) is 9.15. The van der Waals surface area contributed by atoms with E-state index in [0.717, 1.165) is 48.2 Å². The Morgan fingerprint density at radius 1 is 1.21 bits per heavy atom. The first kappa shape index (κ1) is 18.2. The normalized spacial score (nSPS) is 30.5. The molecule has 5 nitrogen and oxygen atoms in total. The molecule has 0 unspecified atom stereocenters. The number of carbonyl (C=O) groups is 1. The minimum atomic E-state index is 0.149. The summed E-state index contributed by atoms with van der Waals surface area (Å²) in [5.41, 5.74) is 4.27. The number of benzene rings is 1. The highest BCUT2D eigenvalue weighted by atomic mass is 16.3. The lowest BCUT2D eigenvalue weighted by Gasteiger charge is -2.56.